The third-order valence-corrected chi connectivity index (χ3v) is 5.92. The van der Waals surface area contributed by atoms with Crippen molar-refractivity contribution >= 4 is 0 Å². The predicted molar refractivity (Wildman–Crippen MR) is 102 cm³/mol. The first-order valence-electron chi connectivity index (χ1n) is 10.7. The average Bonchev–Trinajstić information content (AvgIpc) is 2.78. The van der Waals surface area contributed by atoms with Gasteiger partial charge in [0.05, 0.1) is 38.1 Å². The van der Waals surface area contributed by atoms with Gasteiger partial charge in [-0.05, 0) is 0 Å². The van der Waals surface area contributed by atoms with E-state index in [2.05, 4.69) is 0 Å². The summed E-state index contributed by atoms with van der Waals surface area (Å²) in [4.78, 5) is 0. The van der Waals surface area contributed by atoms with Gasteiger partial charge in [-0.3, -0.25) is 0 Å². The molecule has 0 aromatic heterocycles. The van der Waals surface area contributed by atoms with Crippen LogP contribution in [0.2, 0.25) is 0 Å². The zero-order chi connectivity index (χ0) is 23.4. The molecule has 12 atom stereocenters. The van der Waals surface area contributed by atoms with E-state index in [0.717, 1.165) is 0 Å². The highest BCUT2D eigenvalue weighted by Gasteiger charge is 2.45. The summed E-state index contributed by atoms with van der Waals surface area (Å²) in [6.07, 6.45) is -12.1. The Hall–Kier alpha value is -0.520. The molecule has 0 aromatic rings. The van der Waals surface area contributed by atoms with Crippen LogP contribution in [-0.2, 0) is 28.4 Å². The van der Waals surface area contributed by atoms with E-state index in [0.29, 0.717) is 12.8 Å². The van der Waals surface area contributed by atoms with Gasteiger partial charge in [0.25, 0.3) is 0 Å². The number of ether oxygens (including phenoxy) is 6. The Morgan fingerprint density at radius 2 is 1.44 bits per heavy atom. The van der Waals surface area contributed by atoms with Crippen molar-refractivity contribution in [2.24, 2.45) is 0 Å². The quantitative estimate of drug-likeness (QED) is 0.182. The fourth-order valence-electron chi connectivity index (χ4n) is 4.05. The van der Waals surface area contributed by atoms with Gasteiger partial charge in [-0.2, -0.15) is 0 Å². The molecule has 3 heterocycles. The molecule has 3 fully saturated rings. The SMILES string of the molecule is CO[C@@H]1C[C@@H](O[C@H]2O[C@H](CO)[C@@H](O)C[C@@H]2O)C[C@@H](CO[C@H]2O[C@H](CO)[C@@H](O)[C@H](O)[C@@H]2O)O1. The number of aliphatic hydroxyl groups excluding tert-OH is 7. The van der Waals surface area contributed by atoms with Crippen LogP contribution in [0, 0.1) is 0 Å². The molecule has 13 heteroatoms. The van der Waals surface area contributed by atoms with Crippen LogP contribution in [0.3, 0.4) is 0 Å². The molecule has 3 rings (SSSR count). The summed E-state index contributed by atoms with van der Waals surface area (Å²) in [6.45, 7) is -1.08. The molecule has 0 aliphatic carbocycles. The molecule has 3 aliphatic rings. The molecular formula is C19H34O13. The van der Waals surface area contributed by atoms with Crippen molar-refractivity contribution in [2.45, 2.75) is 93.1 Å². The molecular weight excluding hydrogens is 436 g/mol. The Kier molecular flexibility index (Phi) is 9.58. The first-order valence-corrected chi connectivity index (χ1v) is 10.7. The van der Waals surface area contributed by atoms with Gasteiger partial charge in [0.2, 0.25) is 0 Å². The van der Waals surface area contributed by atoms with E-state index in [-0.39, 0.29) is 13.0 Å². The zero-order valence-electron chi connectivity index (χ0n) is 17.8. The van der Waals surface area contributed by atoms with Gasteiger partial charge in [0, 0.05) is 26.4 Å². The van der Waals surface area contributed by atoms with Crippen molar-refractivity contribution < 1.29 is 64.2 Å². The van der Waals surface area contributed by atoms with E-state index in [1.54, 1.807) is 0 Å². The molecule has 0 aromatic carbocycles. The summed E-state index contributed by atoms with van der Waals surface area (Å²) in [5, 5.41) is 68.4. The van der Waals surface area contributed by atoms with Crippen LogP contribution in [0.4, 0.5) is 0 Å². The molecule has 188 valence electrons. The van der Waals surface area contributed by atoms with Gasteiger partial charge < -0.3 is 64.2 Å². The maximum Gasteiger partial charge on any atom is 0.186 e. The van der Waals surface area contributed by atoms with Gasteiger partial charge in [0.1, 0.15) is 36.6 Å². The largest absolute Gasteiger partial charge is 0.394 e. The highest BCUT2D eigenvalue weighted by Crippen LogP contribution is 2.29. The molecule has 0 amide bonds. The fourth-order valence-corrected chi connectivity index (χ4v) is 4.05. The second kappa shape index (κ2) is 11.8. The molecule has 32 heavy (non-hydrogen) atoms. The van der Waals surface area contributed by atoms with Crippen molar-refractivity contribution in [3.8, 4) is 0 Å². The molecule has 0 unspecified atom stereocenters. The van der Waals surface area contributed by atoms with Crippen LogP contribution in [0.15, 0.2) is 0 Å². The van der Waals surface area contributed by atoms with Crippen molar-refractivity contribution in [3.05, 3.63) is 0 Å². The Balaban J connectivity index is 1.56. The van der Waals surface area contributed by atoms with E-state index in [1.165, 1.54) is 7.11 Å². The monoisotopic (exact) mass is 470 g/mol. The van der Waals surface area contributed by atoms with E-state index in [9.17, 15) is 35.7 Å². The van der Waals surface area contributed by atoms with E-state index < -0.39 is 87.0 Å². The molecule has 0 spiro atoms. The number of methoxy groups -OCH3 is 1. The number of rotatable bonds is 8. The second-order valence-corrected chi connectivity index (χ2v) is 8.28. The van der Waals surface area contributed by atoms with Crippen LogP contribution in [0.1, 0.15) is 19.3 Å². The van der Waals surface area contributed by atoms with Crippen molar-refractivity contribution in [2.75, 3.05) is 26.9 Å². The maximum absolute atomic E-state index is 10.2. The van der Waals surface area contributed by atoms with Crippen molar-refractivity contribution in [1.29, 1.82) is 0 Å². The van der Waals surface area contributed by atoms with Crippen molar-refractivity contribution in [3.63, 3.8) is 0 Å². The smallest absolute Gasteiger partial charge is 0.186 e. The summed E-state index contributed by atoms with van der Waals surface area (Å²) >= 11 is 0. The van der Waals surface area contributed by atoms with Crippen LogP contribution in [0.25, 0.3) is 0 Å². The lowest BCUT2D eigenvalue weighted by molar-refractivity contribution is -0.320. The Morgan fingerprint density at radius 3 is 2.09 bits per heavy atom. The summed E-state index contributed by atoms with van der Waals surface area (Å²) in [7, 11) is 1.45. The predicted octanol–water partition coefficient (Wildman–Crippen LogP) is -3.83. The lowest BCUT2D eigenvalue weighted by Crippen LogP contribution is -2.59. The van der Waals surface area contributed by atoms with Crippen LogP contribution < -0.4 is 0 Å². The third kappa shape index (κ3) is 6.13. The highest BCUT2D eigenvalue weighted by atomic mass is 16.7. The third-order valence-electron chi connectivity index (χ3n) is 5.92. The lowest BCUT2D eigenvalue weighted by Gasteiger charge is -2.42. The minimum absolute atomic E-state index is 0.00350. The molecule has 7 N–H and O–H groups in total. The Morgan fingerprint density at radius 1 is 0.750 bits per heavy atom. The normalized spacial score (nSPS) is 48.0. The lowest BCUT2D eigenvalue weighted by atomic mass is 9.99. The molecule has 0 bridgehead atoms. The standard InChI is InChI=1S/C19H34O13/c1-27-14-3-8(30-18-11(23)4-10(22)12(5-20)31-18)2-9(29-14)7-28-19-17(26)16(25)15(24)13(6-21)32-19/h8-26H,2-7H2,1H3/t8-,9-,10-,11-,12+,13+,14-,15+,16-,17-,18-,19-/m0/s1. The first kappa shape index (κ1) is 26.1. The van der Waals surface area contributed by atoms with Gasteiger partial charge in [0.15, 0.2) is 18.9 Å². The second-order valence-electron chi connectivity index (χ2n) is 8.28. The number of hydrogen-bond acceptors (Lipinski definition) is 13. The zero-order valence-corrected chi connectivity index (χ0v) is 17.8. The molecule has 3 aliphatic heterocycles. The Bertz CT molecular complexity index is 565. The van der Waals surface area contributed by atoms with Crippen LogP contribution in [0.5, 0.6) is 0 Å². The minimum Gasteiger partial charge on any atom is -0.394 e. The summed E-state index contributed by atoms with van der Waals surface area (Å²) in [6, 6.07) is 0. The Labute approximate surface area is 185 Å². The highest BCUT2D eigenvalue weighted by molar-refractivity contribution is 4.89. The van der Waals surface area contributed by atoms with Gasteiger partial charge in [-0.1, -0.05) is 0 Å². The van der Waals surface area contributed by atoms with Crippen LogP contribution in [-0.4, -0.2) is 136 Å². The van der Waals surface area contributed by atoms with Gasteiger partial charge in [-0.25, -0.2) is 0 Å². The van der Waals surface area contributed by atoms with Crippen molar-refractivity contribution in [1.82, 2.24) is 0 Å². The van der Waals surface area contributed by atoms with Gasteiger partial charge in [-0.15, -0.1) is 0 Å². The number of hydrogen-bond donors (Lipinski definition) is 7. The van der Waals surface area contributed by atoms with E-state index >= 15 is 0 Å². The molecule has 0 radical (unpaired) electrons. The maximum atomic E-state index is 10.2. The van der Waals surface area contributed by atoms with E-state index in [1.807, 2.05) is 0 Å². The fraction of sp³-hybridized carbons (Fsp3) is 1.00. The number of aliphatic hydroxyl groups is 7. The summed E-state index contributed by atoms with van der Waals surface area (Å²) in [5.74, 6) is 0. The molecule has 0 saturated carbocycles. The molecule has 3 saturated heterocycles. The topological polar surface area (TPSA) is 197 Å². The van der Waals surface area contributed by atoms with Gasteiger partial charge >= 0.3 is 0 Å². The summed E-state index contributed by atoms with van der Waals surface area (Å²) in [5.41, 5.74) is 0. The summed E-state index contributed by atoms with van der Waals surface area (Å²) < 4.78 is 33.2. The average molecular weight is 470 g/mol. The first-order chi connectivity index (χ1) is 15.3. The minimum atomic E-state index is -1.55. The molecule has 13 nitrogen and oxygen atoms in total. The van der Waals surface area contributed by atoms with Crippen LogP contribution >= 0.6 is 0 Å². The van der Waals surface area contributed by atoms with E-state index in [4.69, 9.17) is 28.4 Å².